The van der Waals surface area contributed by atoms with E-state index in [4.69, 9.17) is 4.99 Å². The second-order valence-corrected chi connectivity index (χ2v) is 9.73. The van der Waals surface area contributed by atoms with Gasteiger partial charge >= 0.3 is 0 Å². The van der Waals surface area contributed by atoms with Crippen LogP contribution in [0.25, 0.3) is 10.9 Å². The lowest BCUT2D eigenvalue weighted by molar-refractivity contribution is -0.128. The van der Waals surface area contributed by atoms with Gasteiger partial charge in [-0.3, -0.25) is 14.5 Å². The fourth-order valence-corrected chi connectivity index (χ4v) is 5.36. The Kier molecular flexibility index (Phi) is 6.68. The minimum absolute atomic E-state index is 0.0797. The number of amides is 2. The average molecular weight is 483 g/mol. The molecule has 1 saturated heterocycles. The van der Waals surface area contributed by atoms with E-state index in [0.717, 1.165) is 22.5 Å². The zero-order valence-electron chi connectivity index (χ0n) is 19.4. The molecule has 1 atom stereocenters. The van der Waals surface area contributed by atoms with Gasteiger partial charge in [-0.2, -0.15) is 0 Å². The van der Waals surface area contributed by atoms with E-state index >= 15 is 0 Å². The van der Waals surface area contributed by atoms with E-state index in [2.05, 4.69) is 35.4 Å². The zero-order valence-corrected chi connectivity index (χ0v) is 20.2. The van der Waals surface area contributed by atoms with Crippen LogP contribution in [-0.4, -0.2) is 38.7 Å². The summed E-state index contributed by atoms with van der Waals surface area (Å²) >= 11 is 1.36. The summed E-state index contributed by atoms with van der Waals surface area (Å²) in [6.07, 6.45) is 2.79. The van der Waals surface area contributed by atoms with Crippen molar-refractivity contribution in [1.82, 2.24) is 9.88 Å². The third-order valence-corrected chi connectivity index (χ3v) is 7.13. The number of fused-ring (bicyclic) bond motifs is 1. The van der Waals surface area contributed by atoms with Gasteiger partial charge in [0.05, 0.1) is 5.69 Å². The molecular formula is C28H26N4O2S. The molecule has 0 unspecified atom stereocenters. The number of aliphatic imine (C=N–C) groups is 1. The van der Waals surface area contributed by atoms with Gasteiger partial charge < -0.3 is 10.3 Å². The molecule has 1 aliphatic rings. The number of H-pyrrole nitrogens is 1. The van der Waals surface area contributed by atoms with Crippen molar-refractivity contribution in [1.29, 1.82) is 0 Å². The third kappa shape index (κ3) is 5.30. The molecule has 0 spiro atoms. The molecule has 0 bridgehead atoms. The number of para-hydroxylation sites is 2. The molecule has 3 aromatic carbocycles. The van der Waals surface area contributed by atoms with Crippen LogP contribution >= 0.6 is 11.8 Å². The van der Waals surface area contributed by atoms with E-state index in [1.165, 1.54) is 22.7 Å². The molecule has 6 nitrogen and oxygen atoms in total. The smallest absolute Gasteiger partial charge is 0.242 e. The predicted octanol–water partition coefficient (Wildman–Crippen LogP) is 5.68. The SMILES string of the molecule is Cc1ccc2[nH]cc(CCN3C(=O)[C@H](CC(=O)Nc4ccccc4)SC3=Nc3ccccc3)c2c1. The molecule has 2 heterocycles. The summed E-state index contributed by atoms with van der Waals surface area (Å²) in [6.45, 7) is 2.57. The summed E-state index contributed by atoms with van der Waals surface area (Å²) in [7, 11) is 0. The number of hydrogen-bond acceptors (Lipinski definition) is 4. The lowest BCUT2D eigenvalue weighted by atomic mass is 10.1. The molecule has 1 aliphatic heterocycles. The second kappa shape index (κ2) is 10.2. The third-order valence-electron chi connectivity index (χ3n) is 5.96. The minimum atomic E-state index is -0.508. The molecule has 2 N–H and O–H groups in total. The van der Waals surface area contributed by atoms with Gasteiger partial charge in [-0.05, 0) is 55.3 Å². The van der Waals surface area contributed by atoms with E-state index in [1.807, 2.05) is 66.9 Å². The molecule has 1 aromatic heterocycles. The van der Waals surface area contributed by atoms with E-state index in [0.29, 0.717) is 18.1 Å². The molecule has 7 heteroatoms. The number of nitrogens with one attached hydrogen (secondary N) is 2. The van der Waals surface area contributed by atoms with Crippen LogP contribution in [0.3, 0.4) is 0 Å². The highest BCUT2D eigenvalue weighted by molar-refractivity contribution is 8.15. The van der Waals surface area contributed by atoms with Gasteiger partial charge in [0.2, 0.25) is 11.8 Å². The standard InChI is InChI=1S/C28H26N4O2S/c1-19-12-13-24-23(16-19)20(18-29-24)14-15-32-27(34)25(17-26(33)30-21-8-4-2-5-9-21)35-28(32)31-22-10-6-3-7-11-22/h2-13,16,18,25,29H,14-15,17H2,1H3,(H,30,33)/t25-/m0/s1. The number of aromatic amines is 1. The topological polar surface area (TPSA) is 77.6 Å². The maximum Gasteiger partial charge on any atom is 0.242 e. The number of thioether (sulfide) groups is 1. The summed E-state index contributed by atoms with van der Waals surface area (Å²) in [5, 5.41) is 4.18. The molecule has 0 radical (unpaired) electrons. The van der Waals surface area contributed by atoms with Crippen LogP contribution in [0, 0.1) is 6.92 Å². The van der Waals surface area contributed by atoms with Gasteiger partial charge in [0, 0.05) is 35.8 Å². The largest absolute Gasteiger partial charge is 0.361 e. The van der Waals surface area contributed by atoms with Crippen molar-refractivity contribution in [2.24, 2.45) is 4.99 Å². The number of anilines is 1. The second-order valence-electron chi connectivity index (χ2n) is 8.56. The number of aromatic nitrogens is 1. The molecule has 35 heavy (non-hydrogen) atoms. The predicted molar refractivity (Wildman–Crippen MR) is 143 cm³/mol. The fraction of sp³-hybridized carbons (Fsp3) is 0.179. The van der Waals surface area contributed by atoms with E-state index < -0.39 is 5.25 Å². The lowest BCUT2D eigenvalue weighted by Gasteiger charge is -2.16. The van der Waals surface area contributed by atoms with E-state index in [9.17, 15) is 9.59 Å². The summed E-state index contributed by atoms with van der Waals surface area (Å²) < 4.78 is 0. The number of rotatable bonds is 7. The lowest BCUT2D eigenvalue weighted by Crippen LogP contribution is -2.35. The Morgan fingerprint density at radius 3 is 2.57 bits per heavy atom. The summed E-state index contributed by atoms with van der Waals surface area (Å²) in [5.41, 5.74) is 4.94. The molecule has 176 valence electrons. The molecule has 0 aliphatic carbocycles. The van der Waals surface area contributed by atoms with Crippen molar-refractivity contribution in [2.75, 3.05) is 11.9 Å². The van der Waals surface area contributed by atoms with Crippen molar-refractivity contribution in [3.63, 3.8) is 0 Å². The maximum absolute atomic E-state index is 13.4. The van der Waals surface area contributed by atoms with Crippen molar-refractivity contribution >= 4 is 51.0 Å². The number of carbonyl (C=O) groups is 2. The number of amidine groups is 1. The van der Waals surface area contributed by atoms with Crippen molar-refractivity contribution in [3.05, 3.63) is 96.2 Å². The van der Waals surface area contributed by atoms with Crippen molar-refractivity contribution in [3.8, 4) is 0 Å². The van der Waals surface area contributed by atoms with E-state index in [1.54, 1.807) is 4.90 Å². The van der Waals surface area contributed by atoms with Crippen molar-refractivity contribution in [2.45, 2.75) is 25.0 Å². The van der Waals surface area contributed by atoms with Crippen LogP contribution in [-0.2, 0) is 16.0 Å². The Labute approximate surface area is 208 Å². The number of aryl methyl sites for hydroxylation is 1. The van der Waals surface area contributed by atoms with Gasteiger partial charge in [0.25, 0.3) is 0 Å². The Hall–Kier alpha value is -3.84. The van der Waals surface area contributed by atoms with Gasteiger partial charge in [-0.15, -0.1) is 0 Å². The first-order valence-electron chi connectivity index (χ1n) is 11.6. The monoisotopic (exact) mass is 482 g/mol. The van der Waals surface area contributed by atoms with Crippen LogP contribution in [0.1, 0.15) is 17.5 Å². The molecule has 4 aromatic rings. The highest BCUT2D eigenvalue weighted by atomic mass is 32.2. The Morgan fingerprint density at radius 2 is 1.80 bits per heavy atom. The van der Waals surface area contributed by atoms with Crippen molar-refractivity contribution < 1.29 is 9.59 Å². The first-order valence-corrected chi connectivity index (χ1v) is 12.5. The van der Waals surface area contributed by atoms with Gasteiger partial charge in [-0.1, -0.05) is 59.8 Å². The van der Waals surface area contributed by atoms with Gasteiger partial charge in [0.1, 0.15) is 5.25 Å². The Balaban J connectivity index is 1.35. The molecule has 2 amide bonds. The van der Waals surface area contributed by atoms with Gasteiger partial charge in [0.15, 0.2) is 5.17 Å². The number of hydrogen-bond donors (Lipinski definition) is 2. The van der Waals surface area contributed by atoms with Crippen LogP contribution < -0.4 is 5.32 Å². The molecular weight excluding hydrogens is 456 g/mol. The summed E-state index contributed by atoms with van der Waals surface area (Å²) in [6, 6.07) is 25.2. The normalized spacial score (nSPS) is 16.8. The zero-order chi connectivity index (χ0) is 24.2. The summed E-state index contributed by atoms with van der Waals surface area (Å²) in [5.74, 6) is -0.265. The van der Waals surface area contributed by atoms with Crippen LogP contribution in [0.2, 0.25) is 0 Å². The highest BCUT2D eigenvalue weighted by Crippen LogP contribution is 2.32. The summed E-state index contributed by atoms with van der Waals surface area (Å²) in [4.78, 5) is 35.9. The van der Waals surface area contributed by atoms with Crippen LogP contribution in [0.4, 0.5) is 11.4 Å². The highest BCUT2D eigenvalue weighted by Gasteiger charge is 2.39. The Bertz CT molecular complexity index is 1380. The van der Waals surface area contributed by atoms with Crippen LogP contribution in [0.15, 0.2) is 90.1 Å². The molecule has 5 rings (SSSR count). The fourth-order valence-electron chi connectivity index (χ4n) is 4.18. The minimum Gasteiger partial charge on any atom is -0.361 e. The quantitative estimate of drug-likeness (QED) is 0.356. The molecule has 1 fully saturated rings. The number of carbonyl (C=O) groups excluding carboxylic acids is 2. The number of benzene rings is 3. The average Bonchev–Trinajstić information content (AvgIpc) is 3.39. The van der Waals surface area contributed by atoms with Crippen LogP contribution in [0.5, 0.6) is 0 Å². The first kappa shape index (κ1) is 22.9. The Morgan fingerprint density at radius 1 is 1.06 bits per heavy atom. The maximum atomic E-state index is 13.4. The first-order chi connectivity index (χ1) is 17.1. The van der Waals surface area contributed by atoms with E-state index in [-0.39, 0.29) is 18.2 Å². The van der Waals surface area contributed by atoms with Gasteiger partial charge in [-0.25, -0.2) is 4.99 Å². The number of nitrogens with zero attached hydrogens (tertiary/aromatic N) is 2. The molecule has 0 saturated carbocycles.